The predicted molar refractivity (Wildman–Crippen MR) is 96.7 cm³/mol. The highest BCUT2D eigenvalue weighted by atomic mass is 32.1. The van der Waals surface area contributed by atoms with Crippen LogP contribution >= 0.6 is 11.3 Å². The number of carbonyl (C=O) groups excluding carboxylic acids is 3. The molecule has 1 aromatic heterocycles. The maximum absolute atomic E-state index is 12.4. The topological polar surface area (TPSA) is 57.7 Å². The lowest BCUT2D eigenvalue weighted by Crippen LogP contribution is -2.35. The number of nitrogens with zero attached hydrogens (tertiary/aromatic N) is 2. The predicted octanol–water partition coefficient (Wildman–Crippen LogP) is 3.01. The number of amides is 3. The van der Waals surface area contributed by atoms with Crippen LogP contribution in [0, 0.1) is 13.8 Å². The van der Waals surface area contributed by atoms with Crippen LogP contribution in [0.1, 0.15) is 43.1 Å². The summed E-state index contributed by atoms with van der Waals surface area (Å²) in [7, 11) is 1.74. The van der Waals surface area contributed by atoms with E-state index in [1.807, 2.05) is 31.4 Å². The monoisotopic (exact) mass is 356 g/mol. The van der Waals surface area contributed by atoms with Crippen LogP contribution in [-0.2, 0) is 11.3 Å². The van der Waals surface area contributed by atoms with Crippen molar-refractivity contribution in [2.45, 2.75) is 26.8 Å². The van der Waals surface area contributed by atoms with E-state index >= 15 is 0 Å². The zero-order valence-electron chi connectivity index (χ0n) is 14.5. The fourth-order valence-corrected chi connectivity index (χ4v) is 3.83. The first kappa shape index (κ1) is 17.4. The van der Waals surface area contributed by atoms with Crippen LogP contribution in [0.5, 0.6) is 0 Å². The van der Waals surface area contributed by atoms with E-state index in [0.29, 0.717) is 17.7 Å². The molecule has 0 aliphatic carbocycles. The van der Waals surface area contributed by atoms with Crippen LogP contribution < -0.4 is 0 Å². The quantitative estimate of drug-likeness (QED) is 0.774. The molecule has 1 aliphatic rings. The van der Waals surface area contributed by atoms with Crippen LogP contribution in [0.15, 0.2) is 29.6 Å². The van der Waals surface area contributed by atoms with Gasteiger partial charge in [0.1, 0.15) is 0 Å². The molecule has 1 aromatic carbocycles. The number of hydrogen-bond donors (Lipinski definition) is 0. The van der Waals surface area contributed by atoms with E-state index in [-0.39, 0.29) is 30.7 Å². The molecule has 0 spiro atoms. The van der Waals surface area contributed by atoms with Gasteiger partial charge in [0.25, 0.3) is 11.8 Å². The summed E-state index contributed by atoms with van der Waals surface area (Å²) >= 11 is 1.62. The average Bonchev–Trinajstić information content (AvgIpc) is 3.08. The molecular weight excluding hydrogens is 336 g/mol. The van der Waals surface area contributed by atoms with E-state index in [1.54, 1.807) is 35.4 Å². The Morgan fingerprint density at radius 1 is 1.12 bits per heavy atom. The van der Waals surface area contributed by atoms with Crippen molar-refractivity contribution in [1.29, 1.82) is 0 Å². The molecule has 0 atom stereocenters. The van der Waals surface area contributed by atoms with Gasteiger partial charge in [0.2, 0.25) is 5.91 Å². The zero-order valence-corrected chi connectivity index (χ0v) is 15.4. The molecule has 0 bridgehead atoms. The molecule has 2 aromatic rings. The molecule has 0 fully saturated rings. The van der Waals surface area contributed by atoms with Crippen LogP contribution in [0.25, 0.3) is 0 Å². The number of hydrogen-bond acceptors (Lipinski definition) is 4. The minimum atomic E-state index is -0.315. The van der Waals surface area contributed by atoms with Crippen molar-refractivity contribution in [3.63, 3.8) is 0 Å². The first-order valence-electron chi connectivity index (χ1n) is 8.12. The van der Waals surface area contributed by atoms with E-state index in [0.717, 1.165) is 10.4 Å². The number of thiophene rings is 1. The Hall–Kier alpha value is -2.47. The fourth-order valence-electron chi connectivity index (χ4n) is 2.88. The normalized spacial score (nSPS) is 13.3. The van der Waals surface area contributed by atoms with Crippen LogP contribution in [0.2, 0.25) is 0 Å². The molecule has 5 nitrogen and oxygen atoms in total. The Labute approximate surface area is 150 Å². The summed E-state index contributed by atoms with van der Waals surface area (Å²) in [4.78, 5) is 41.1. The van der Waals surface area contributed by atoms with Gasteiger partial charge in [-0.25, -0.2) is 0 Å². The highest BCUT2D eigenvalue weighted by Crippen LogP contribution is 2.24. The van der Waals surface area contributed by atoms with Gasteiger partial charge in [-0.1, -0.05) is 11.6 Å². The summed E-state index contributed by atoms with van der Waals surface area (Å²) in [5, 5.41) is 2.00. The van der Waals surface area contributed by atoms with E-state index < -0.39 is 0 Å². The van der Waals surface area contributed by atoms with Gasteiger partial charge < -0.3 is 4.90 Å². The van der Waals surface area contributed by atoms with E-state index in [2.05, 4.69) is 0 Å². The van der Waals surface area contributed by atoms with Crippen LogP contribution in [-0.4, -0.2) is 41.1 Å². The van der Waals surface area contributed by atoms with Gasteiger partial charge in [-0.15, -0.1) is 11.3 Å². The summed E-state index contributed by atoms with van der Waals surface area (Å²) in [6.45, 7) is 4.55. The zero-order chi connectivity index (χ0) is 18.1. The van der Waals surface area contributed by atoms with Crippen molar-refractivity contribution in [3.05, 3.63) is 56.8 Å². The lowest BCUT2D eigenvalue weighted by atomic mass is 10.1. The highest BCUT2D eigenvalue weighted by molar-refractivity contribution is 7.10. The highest BCUT2D eigenvalue weighted by Gasteiger charge is 2.35. The van der Waals surface area contributed by atoms with Crippen molar-refractivity contribution < 1.29 is 14.4 Å². The molecule has 0 saturated heterocycles. The van der Waals surface area contributed by atoms with Crippen molar-refractivity contribution >= 4 is 29.1 Å². The summed E-state index contributed by atoms with van der Waals surface area (Å²) in [6.07, 6.45) is 0.130. The molecule has 2 heterocycles. The maximum Gasteiger partial charge on any atom is 0.261 e. The molecule has 1 aliphatic heterocycles. The summed E-state index contributed by atoms with van der Waals surface area (Å²) in [6, 6.07) is 7.25. The lowest BCUT2D eigenvalue weighted by molar-refractivity contribution is -0.130. The molecule has 0 radical (unpaired) electrons. The molecule has 130 valence electrons. The SMILES string of the molecule is Cc1ccc2c(c1)C(=O)N(CCC(=O)N(C)Cc1sccc1C)C2=O. The van der Waals surface area contributed by atoms with Gasteiger partial charge in [-0.2, -0.15) is 0 Å². The van der Waals surface area contributed by atoms with Crippen molar-refractivity contribution in [2.75, 3.05) is 13.6 Å². The minimum Gasteiger partial charge on any atom is -0.341 e. The Morgan fingerprint density at radius 3 is 2.52 bits per heavy atom. The number of rotatable bonds is 5. The molecule has 25 heavy (non-hydrogen) atoms. The molecule has 3 amide bonds. The largest absolute Gasteiger partial charge is 0.341 e. The Bertz CT molecular complexity index is 856. The number of benzene rings is 1. The van der Waals surface area contributed by atoms with Crippen molar-refractivity contribution in [2.24, 2.45) is 0 Å². The van der Waals surface area contributed by atoms with E-state index in [4.69, 9.17) is 0 Å². The number of fused-ring (bicyclic) bond motifs is 1. The van der Waals surface area contributed by atoms with E-state index in [9.17, 15) is 14.4 Å². The molecule has 0 unspecified atom stereocenters. The third-order valence-corrected chi connectivity index (χ3v) is 5.46. The van der Waals surface area contributed by atoms with Gasteiger partial charge in [-0.05, 0) is 43.0 Å². The van der Waals surface area contributed by atoms with Gasteiger partial charge in [0.15, 0.2) is 0 Å². The molecule has 0 saturated carbocycles. The smallest absolute Gasteiger partial charge is 0.261 e. The minimum absolute atomic E-state index is 0.0828. The Balaban J connectivity index is 1.62. The molecule has 6 heteroatoms. The maximum atomic E-state index is 12.4. The third-order valence-electron chi connectivity index (χ3n) is 4.45. The van der Waals surface area contributed by atoms with Crippen molar-refractivity contribution in [3.8, 4) is 0 Å². The van der Waals surface area contributed by atoms with E-state index in [1.165, 1.54) is 10.5 Å². The molecule has 0 N–H and O–H groups in total. The number of imide groups is 1. The number of carbonyl (C=O) groups is 3. The van der Waals surface area contributed by atoms with Crippen LogP contribution in [0.4, 0.5) is 0 Å². The first-order valence-corrected chi connectivity index (χ1v) is 9.00. The average molecular weight is 356 g/mol. The van der Waals surface area contributed by atoms with Gasteiger partial charge in [0, 0.05) is 24.9 Å². The number of aryl methyl sites for hydroxylation is 2. The van der Waals surface area contributed by atoms with Crippen molar-refractivity contribution in [1.82, 2.24) is 9.80 Å². The van der Waals surface area contributed by atoms with Gasteiger partial charge in [-0.3, -0.25) is 19.3 Å². The fraction of sp³-hybridized carbons (Fsp3) is 0.316. The van der Waals surface area contributed by atoms with Gasteiger partial charge >= 0.3 is 0 Å². The van der Waals surface area contributed by atoms with Crippen LogP contribution in [0.3, 0.4) is 0 Å². The standard InChI is InChI=1S/C19H20N2O3S/c1-12-4-5-14-15(10-12)19(24)21(18(14)23)8-6-17(22)20(3)11-16-13(2)7-9-25-16/h4-5,7,9-10H,6,8,11H2,1-3H3. The molecule has 3 rings (SSSR count). The Kier molecular flexibility index (Phi) is 4.72. The second-order valence-corrected chi connectivity index (χ2v) is 7.34. The second-order valence-electron chi connectivity index (χ2n) is 6.34. The lowest BCUT2D eigenvalue weighted by Gasteiger charge is -2.19. The summed E-state index contributed by atoms with van der Waals surface area (Å²) in [5.74, 6) is -0.710. The molecular formula is C19H20N2O3S. The first-order chi connectivity index (χ1) is 11.9. The van der Waals surface area contributed by atoms with Gasteiger partial charge in [0.05, 0.1) is 17.7 Å². The summed E-state index contributed by atoms with van der Waals surface area (Å²) < 4.78 is 0. The summed E-state index contributed by atoms with van der Waals surface area (Å²) in [5.41, 5.74) is 2.95. The second kappa shape index (κ2) is 6.80. The Morgan fingerprint density at radius 2 is 1.84 bits per heavy atom. The third kappa shape index (κ3) is 3.35.